The fourth-order valence-corrected chi connectivity index (χ4v) is 1.84. The lowest BCUT2D eigenvalue weighted by Gasteiger charge is -2.03. The van der Waals surface area contributed by atoms with Crippen molar-refractivity contribution in [1.29, 1.82) is 5.41 Å². The van der Waals surface area contributed by atoms with Gasteiger partial charge in [-0.1, -0.05) is 0 Å². The van der Waals surface area contributed by atoms with Crippen LogP contribution >= 0.6 is 11.8 Å². The Morgan fingerprint density at radius 2 is 2.19 bits per heavy atom. The summed E-state index contributed by atoms with van der Waals surface area (Å²) in [6, 6.07) is 3.40. The Balaban J connectivity index is 2.31. The number of nitrogen functional groups attached to an aromatic ring is 1. The van der Waals surface area contributed by atoms with Crippen molar-refractivity contribution in [2.24, 2.45) is 5.73 Å². The molecule has 0 aromatic carbocycles. The Labute approximate surface area is 95.8 Å². The molecule has 0 fully saturated rings. The molecule has 3 N–H and O–H groups in total. The van der Waals surface area contributed by atoms with Crippen LogP contribution in [0.3, 0.4) is 0 Å². The molecule has 0 atom stereocenters. The van der Waals surface area contributed by atoms with Gasteiger partial charge >= 0.3 is 0 Å². The number of nitrogens with one attached hydrogen (secondary N) is 1. The molecule has 0 radical (unpaired) electrons. The van der Waals surface area contributed by atoms with E-state index in [0.717, 1.165) is 5.03 Å². The van der Waals surface area contributed by atoms with E-state index in [-0.39, 0.29) is 5.84 Å². The third-order valence-corrected chi connectivity index (χ3v) is 2.68. The molecule has 0 amide bonds. The van der Waals surface area contributed by atoms with E-state index in [1.54, 1.807) is 18.3 Å². The molecular weight excluding hydrogens is 224 g/mol. The van der Waals surface area contributed by atoms with Crippen molar-refractivity contribution in [3.63, 3.8) is 0 Å². The minimum atomic E-state index is -0.0357. The highest BCUT2D eigenvalue weighted by Crippen LogP contribution is 2.25. The summed E-state index contributed by atoms with van der Waals surface area (Å²) in [5.41, 5.74) is 5.99. The molecule has 2 rings (SSSR count). The number of aromatic nitrogens is 4. The number of amidine groups is 1. The van der Waals surface area contributed by atoms with E-state index in [4.69, 9.17) is 11.1 Å². The third-order valence-electron chi connectivity index (χ3n) is 1.73. The first-order chi connectivity index (χ1) is 7.77. The van der Waals surface area contributed by atoms with Crippen molar-refractivity contribution in [1.82, 2.24) is 20.2 Å². The lowest BCUT2D eigenvalue weighted by atomic mass is 10.3. The Morgan fingerprint density at radius 1 is 1.31 bits per heavy atom. The second-order valence-electron chi connectivity index (χ2n) is 2.81. The normalized spacial score (nSPS) is 10.0. The highest BCUT2D eigenvalue weighted by atomic mass is 32.2. The lowest BCUT2D eigenvalue weighted by molar-refractivity contribution is 0.916. The van der Waals surface area contributed by atoms with Crippen LogP contribution in [0.15, 0.2) is 40.9 Å². The summed E-state index contributed by atoms with van der Waals surface area (Å²) in [4.78, 5) is 7.86. The number of nitrogens with two attached hydrogens (primary N) is 1. The minimum absolute atomic E-state index is 0.0357. The monoisotopic (exact) mass is 232 g/mol. The maximum Gasteiger partial charge on any atom is 0.136 e. The average molecular weight is 232 g/mol. The van der Waals surface area contributed by atoms with Gasteiger partial charge in [0.05, 0.1) is 11.8 Å². The van der Waals surface area contributed by atoms with Crippen LogP contribution in [0, 0.1) is 5.41 Å². The Bertz CT molecular complexity index is 500. The second-order valence-corrected chi connectivity index (χ2v) is 3.82. The van der Waals surface area contributed by atoms with Crippen LogP contribution in [0.1, 0.15) is 5.56 Å². The van der Waals surface area contributed by atoms with Crippen molar-refractivity contribution >= 4 is 17.6 Å². The van der Waals surface area contributed by atoms with E-state index >= 15 is 0 Å². The van der Waals surface area contributed by atoms with Crippen LogP contribution in [-0.4, -0.2) is 26.0 Å². The molecule has 80 valence electrons. The zero-order valence-electron chi connectivity index (χ0n) is 8.16. The van der Waals surface area contributed by atoms with Crippen LogP contribution in [-0.2, 0) is 0 Å². The molecule has 6 nitrogen and oxygen atoms in total. The molecule has 16 heavy (non-hydrogen) atoms. The van der Waals surface area contributed by atoms with Crippen molar-refractivity contribution in [2.45, 2.75) is 10.1 Å². The van der Waals surface area contributed by atoms with Crippen molar-refractivity contribution in [2.75, 3.05) is 0 Å². The van der Waals surface area contributed by atoms with Gasteiger partial charge in [0.25, 0.3) is 0 Å². The molecule has 2 heterocycles. The third kappa shape index (κ3) is 2.31. The molecule has 7 heteroatoms. The summed E-state index contributed by atoms with van der Waals surface area (Å²) in [6.45, 7) is 0. The molecule has 0 aliphatic carbocycles. The van der Waals surface area contributed by atoms with Crippen LogP contribution < -0.4 is 5.73 Å². The van der Waals surface area contributed by atoms with Crippen LogP contribution in [0.2, 0.25) is 0 Å². The van der Waals surface area contributed by atoms with Crippen LogP contribution in [0.25, 0.3) is 0 Å². The van der Waals surface area contributed by atoms with Gasteiger partial charge in [-0.3, -0.25) is 5.41 Å². The van der Waals surface area contributed by atoms with Gasteiger partial charge < -0.3 is 5.73 Å². The zero-order valence-corrected chi connectivity index (χ0v) is 8.98. The summed E-state index contributed by atoms with van der Waals surface area (Å²) in [5.74, 6) is -0.0357. The minimum Gasteiger partial charge on any atom is -0.384 e. The summed E-state index contributed by atoms with van der Waals surface area (Å²) in [7, 11) is 0. The SMILES string of the molecule is N=C(N)c1ccnnc1Sc1ccncn1. The zero-order chi connectivity index (χ0) is 11.4. The molecule has 0 aliphatic rings. The molecule has 0 aliphatic heterocycles. The van der Waals surface area contributed by atoms with Crippen molar-refractivity contribution in [3.05, 3.63) is 36.4 Å². The van der Waals surface area contributed by atoms with Gasteiger partial charge in [-0.05, 0) is 23.9 Å². The number of hydrogen-bond donors (Lipinski definition) is 2. The standard InChI is InChI=1S/C9H8N6S/c10-8(11)6-1-4-14-15-9(6)16-7-2-3-12-5-13-7/h1-5H,(H3,10,11). The second kappa shape index (κ2) is 4.67. The van der Waals surface area contributed by atoms with Crippen molar-refractivity contribution < 1.29 is 0 Å². The van der Waals surface area contributed by atoms with Gasteiger partial charge in [-0.2, -0.15) is 5.10 Å². The van der Waals surface area contributed by atoms with Crippen LogP contribution in [0.4, 0.5) is 0 Å². The van der Waals surface area contributed by atoms with E-state index in [2.05, 4.69) is 20.2 Å². The average Bonchev–Trinajstić information content (AvgIpc) is 2.31. The molecule has 0 saturated heterocycles. The molecule has 0 spiro atoms. The van der Waals surface area contributed by atoms with E-state index in [0.29, 0.717) is 10.6 Å². The van der Waals surface area contributed by atoms with Gasteiger partial charge in [0.15, 0.2) is 0 Å². The predicted molar refractivity (Wildman–Crippen MR) is 59.2 cm³/mol. The quantitative estimate of drug-likeness (QED) is 0.459. The number of nitrogens with zero attached hydrogens (tertiary/aromatic N) is 4. The summed E-state index contributed by atoms with van der Waals surface area (Å²) >= 11 is 1.30. The highest BCUT2D eigenvalue weighted by Gasteiger charge is 2.09. The Kier molecular flexibility index (Phi) is 3.06. The smallest absolute Gasteiger partial charge is 0.136 e. The Hall–Kier alpha value is -2.02. The molecule has 0 unspecified atom stereocenters. The molecule has 0 bridgehead atoms. The maximum absolute atomic E-state index is 7.41. The first-order valence-corrected chi connectivity index (χ1v) is 5.19. The van der Waals surface area contributed by atoms with Crippen LogP contribution in [0.5, 0.6) is 0 Å². The van der Waals surface area contributed by atoms with Crippen molar-refractivity contribution in [3.8, 4) is 0 Å². The molecule has 2 aromatic rings. The molecule has 0 saturated carbocycles. The van der Waals surface area contributed by atoms with Gasteiger partial charge in [-0.15, -0.1) is 5.10 Å². The van der Waals surface area contributed by atoms with Gasteiger partial charge in [0.1, 0.15) is 22.2 Å². The maximum atomic E-state index is 7.41. The van der Waals surface area contributed by atoms with Gasteiger partial charge in [0, 0.05) is 6.20 Å². The van der Waals surface area contributed by atoms with Gasteiger partial charge in [-0.25, -0.2) is 9.97 Å². The summed E-state index contributed by atoms with van der Waals surface area (Å²) < 4.78 is 0. The lowest BCUT2D eigenvalue weighted by Crippen LogP contribution is -2.13. The van der Waals surface area contributed by atoms with E-state index in [1.807, 2.05) is 0 Å². The van der Waals surface area contributed by atoms with E-state index in [1.165, 1.54) is 24.3 Å². The Morgan fingerprint density at radius 3 is 2.88 bits per heavy atom. The first kappa shape index (κ1) is 10.5. The fourth-order valence-electron chi connectivity index (χ4n) is 1.04. The van der Waals surface area contributed by atoms with E-state index in [9.17, 15) is 0 Å². The van der Waals surface area contributed by atoms with E-state index < -0.39 is 0 Å². The number of rotatable bonds is 3. The first-order valence-electron chi connectivity index (χ1n) is 4.37. The van der Waals surface area contributed by atoms with Gasteiger partial charge in [0.2, 0.25) is 0 Å². The molecule has 2 aromatic heterocycles. The summed E-state index contributed by atoms with van der Waals surface area (Å²) in [6.07, 6.45) is 4.59. The predicted octanol–water partition coefficient (Wildman–Crippen LogP) is 0.702. The highest BCUT2D eigenvalue weighted by molar-refractivity contribution is 7.99. The molecular formula is C9H8N6S. The summed E-state index contributed by atoms with van der Waals surface area (Å²) in [5, 5.41) is 16.4. The number of hydrogen-bond acceptors (Lipinski definition) is 6. The topological polar surface area (TPSA) is 101 Å². The largest absolute Gasteiger partial charge is 0.384 e. The fraction of sp³-hybridized carbons (Fsp3) is 0.